The van der Waals surface area contributed by atoms with E-state index in [1.807, 2.05) is 54.6 Å². The van der Waals surface area contributed by atoms with Crippen LogP contribution in [-0.4, -0.2) is 52.9 Å². The van der Waals surface area contributed by atoms with Crippen molar-refractivity contribution in [1.82, 2.24) is 0 Å². The lowest BCUT2D eigenvalue weighted by Crippen LogP contribution is -2.29. The van der Waals surface area contributed by atoms with E-state index in [1.54, 1.807) is 0 Å². The van der Waals surface area contributed by atoms with Crippen molar-refractivity contribution in [1.29, 1.82) is 0 Å². The van der Waals surface area contributed by atoms with Gasteiger partial charge in [-0.3, -0.25) is 0 Å². The molecule has 0 fully saturated rings. The molecule has 0 bridgehead atoms. The van der Waals surface area contributed by atoms with Crippen molar-refractivity contribution in [3.8, 4) is 68.2 Å². The molecule has 0 saturated heterocycles. The molecule has 0 spiro atoms. The smallest absolute Gasteiger partial charge is 0.172 e. The average molecular weight is 1130 g/mol. The predicted molar refractivity (Wildman–Crippen MR) is 341 cm³/mol. The molecule has 5 aromatic carbocycles. The zero-order valence-electron chi connectivity index (χ0n) is 52.9. The molecule has 10 heteroatoms. The molecule has 5 rings (SSSR count). The van der Waals surface area contributed by atoms with Crippen LogP contribution in [0.4, 0.5) is 0 Å². The Balaban J connectivity index is 2.02. The number of hydrogen-bond acceptors (Lipinski definition) is 9. The Hall–Kier alpha value is -5.27. The van der Waals surface area contributed by atoms with Crippen LogP contribution >= 0.6 is 7.14 Å². The summed E-state index contributed by atoms with van der Waals surface area (Å²) >= 11 is 0. The van der Waals surface area contributed by atoms with Crippen LogP contribution < -0.4 is 53.8 Å². The minimum absolute atomic E-state index is 0.253. The van der Waals surface area contributed by atoms with Crippen molar-refractivity contribution in [2.24, 2.45) is 47.3 Å². The highest BCUT2D eigenvalue weighted by Crippen LogP contribution is 2.53. The zero-order chi connectivity index (χ0) is 59.1. The predicted octanol–water partition coefficient (Wildman–Crippen LogP) is 18.4. The molecule has 9 unspecified atom stereocenters. The molecule has 448 valence electrons. The Morgan fingerprint density at radius 2 is 0.605 bits per heavy atom. The maximum atomic E-state index is 18.3. The van der Waals surface area contributed by atoms with E-state index in [1.165, 1.54) is 0 Å². The third-order valence-corrected chi connectivity index (χ3v) is 19.7. The van der Waals surface area contributed by atoms with Gasteiger partial charge in [-0.1, -0.05) is 205 Å². The summed E-state index contributed by atoms with van der Waals surface area (Å²) in [4.78, 5) is 0. The minimum Gasteiger partial charge on any atom is -0.490 e. The Morgan fingerprint density at radius 3 is 0.926 bits per heavy atom. The van der Waals surface area contributed by atoms with Gasteiger partial charge < -0.3 is 42.5 Å². The molecule has 81 heavy (non-hydrogen) atoms. The topological polar surface area (TPSA) is 90.9 Å². The number of rotatable bonds is 38. The normalized spacial score (nSPS) is 15.3. The van der Waals surface area contributed by atoms with E-state index >= 15 is 4.57 Å². The Morgan fingerprint density at radius 1 is 0.321 bits per heavy atom. The standard InChI is InChI=1S/C71H105O9P/c1-17-49(9)34-35-73-66-38-60(57-30-32-62(74-42-50(10)18-2)64(36-57)76-44-52(12)20-4)70(40-68(66)79-47-55(15)23-7)81(72,59-28-26-25-27-29-59)71-41-69(80-48-56(16)24-8)67(78-46-54(14)22-6)39-61(71)58-31-33-63(75-43-51(11)19-3)65(37-58)77-45-53(13)21-5/h25-33,36-41,49-56H,17-24,34-35,42-48H2,1-16H3. The van der Waals surface area contributed by atoms with Gasteiger partial charge in [0.25, 0.3) is 0 Å². The molecular formula is C71H105O9P. The Labute approximate surface area is 491 Å². The molecule has 0 aromatic heterocycles. The van der Waals surface area contributed by atoms with Gasteiger partial charge in [-0.25, -0.2) is 0 Å². The van der Waals surface area contributed by atoms with Crippen molar-refractivity contribution >= 4 is 23.1 Å². The lowest BCUT2D eigenvalue weighted by Gasteiger charge is -2.29. The minimum atomic E-state index is -4.08. The SMILES string of the molecule is CCC(C)CCOc1cc(-c2ccc(OCC(C)CC)c(OCC(C)CC)c2)c(P(=O)(c2ccccc2)c2cc(OCC(C)CC)c(OCC(C)CC)cc2-c2ccc(OCC(C)CC)c(OCC(C)CC)c2)cc1OCC(C)CC. The number of benzene rings is 5. The molecule has 0 aliphatic carbocycles. The van der Waals surface area contributed by atoms with Crippen LogP contribution in [0.2, 0.25) is 0 Å². The fourth-order valence-corrected chi connectivity index (χ4v) is 11.5. The van der Waals surface area contributed by atoms with Crippen molar-refractivity contribution in [3.05, 3.63) is 91.0 Å². The molecule has 0 N–H and O–H groups in total. The summed E-state index contributed by atoms with van der Waals surface area (Å²) in [5.41, 5.74) is 3.08. The molecular weight excluding hydrogens is 1030 g/mol. The van der Waals surface area contributed by atoms with E-state index in [-0.39, 0.29) is 17.8 Å². The second-order valence-electron chi connectivity index (χ2n) is 23.8. The maximum Gasteiger partial charge on any atom is 0.172 e. The molecule has 9 atom stereocenters. The number of hydrogen-bond donors (Lipinski definition) is 0. The van der Waals surface area contributed by atoms with Crippen LogP contribution in [-0.2, 0) is 4.57 Å². The van der Waals surface area contributed by atoms with Crippen LogP contribution in [0.1, 0.15) is 169 Å². The molecule has 5 aromatic rings. The fourth-order valence-electron chi connectivity index (χ4n) is 8.42. The van der Waals surface area contributed by atoms with E-state index in [4.69, 9.17) is 37.9 Å². The maximum absolute atomic E-state index is 18.3. The zero-order valence-corrected chi connectivity index (χ0v) is 53.8. The van der Waals surface area contributed by atoms with E-state index in [2.05, 4.69) is 147 Å². The summed E-state index contributed by atoms with van der Waals surface area (Å²) in [5.74, 6) is 7.48. The third-order valence-electron chi connectivity index (χ3n) is 16.5. The first kappa shape index (κ1) is 66.5. The summed E-state index contributed by atoms with van der Waals surface area (Å²) in [5, 5.41) is 1.83. The summed E-state index contributed by atoms with van der Waals surface area (Å²) in [6.45, 7) is 39.1. The first-order chi connectivity index (χ1) is 39.0. The summed E-state index contributed by atoms with van der Waals surface area (Å²) < 4.78 is 72.5. The highest BCUT2D eigenvalue weighted by atomic mass is 31.2. The van der Waals surface area contributed by atoms with E-state index in [0.29, 0.717) is 144 Å². The monoisotopic (exact) mass is 1130 g/mol. The summed E-state index contributed by atoms with van der Waals surface area (Å²) in [6, 6.07) is 30.4. The molecule has 0 aliphatic rings. The van der Waals surface area contributed by atoms with Crippen molar-refractivity contribution in [3.63, 3.8) is 0 Å². The molecule has 9 nitrogen and oxygen atoms in total. The Kier molecular flexibility index (Phi) is 27.7. The summed E-state index contributed by atoms with van der Waals surface area (Å²) in [7, 11) is -4.08. The third kappa shape index (κ3) is 19.1. The molecule has 0 amide bonds. The van der Waals surface area contributed by atoms with E-state index < -0.39 is 7.14 Å². The van der Waals surface area contributed by atoms with Gasteiger partial charge in [0.1, 0.15) is 0 Å². The van der Waals surface area contributed by atoms with Crippen LogP contribution in [0.15, 0.2) is 91.0 Å². The second kappa shape index (κ2) is 33.7. The van der Waals surface area contributed by atoms with Gasteiger partial charge in [0.15, 0.2) is 53.1 Å². The molecule has 0 aliphatic heterocycles. The van der Waals surface area contributed by atoms with E-state index in [9.17, 15) is 0 Å². The van der Waals surface area contributed by atoms with Gasteiger partial charge in [-0.15, -0.1) is 0 Å². The Bertz CT molecular complexity index is 2690. The largest absolute Gasteiger partial charge is 0.490 e. The van der Waals surface area contributed by atoms with Gasteiger partial charge in [-0.2, -0.15) is 0 Å². The number of ether oxygens (including phenoxy) is 8. The first-order valence-corrected chi connectivity index (χ1v) is 33.0. The highest BCUT2D eigenvalue weighted by Gasteiger charge is 2.38. The van der Waals surface area contributed by atoms with E-state index in [0.717, 1.165) is 80.0 Å². The van der Waals surface area contributed by atoms with Gasteiger partial charge in [0, 0.05) is 15.9 Å². The van der Waals surface area contributed by atoms with Gasteiger partial charge in [0.2, 0.25) is 0 Å². The highest BCUT2D eigenvalue weighted by molar-refractivity contribution is 7.85. The molecule has 0 radical (unpaired) electrons. The van der Waals surface area contributed by atoms with Gasteiger partial charge in [-0.05, 0) is 125 Å². The van der Waals surface area contributed by atoms with Crippen molar-refractivity contribution in [2.45, 2.75) is 169 Å². The lowest BCUT2D eigenvalue weighted by atomic mass is 10.0. The fraction of sp³-hybridized carbons (Fsp3) is 0.577. The quantitative estimate of drug-likeness (QED) is 0.0358. The lowest BCUT2D eigenvalue weighted by molar-refractivity contribution is 0.217. The molecule has 0 heterocycles. The van der Waals surface area contributed by atoms with Gasteiger partial charge >= 0.3 is 0 Å². The van der Waals surface area contributed by atoms with Crippen LogP contribution in [0.5, 0.6) is 46.0 Å². The van der Waals surface area contributed by atoms with Gasteiger partial charge in [0.05, 0.1) is 52.9 Å². The van der Waals surface area contributed by atoms with Crippen LogP contribution in [0.3, 0.4) is 0 Å². The van der Waals surface area contributed by atoms with Crippen LogP contribution in [0.25, 0.3) is 22.3 Å². The van der Waals surface area contributed by atoms with Crippen molar-refractivity contribution < 1.29 is 42.5 Å². The second-order valence-corrected chi connectivity index (χ2v) is 26.5. The average Bonchev–Trinajstić information content (AvgIpc) is 3.65. The molecule has 0 saturated carbocycles. The van der Waals surface area contributed by atoms with Crippen molar-refractivity contribution in [2.75, 3.05) is 52.9 Å². The summed E-state index contributed by atoms with van der Waals surface area (Å²) in [6.07, 6.45) is 8.64. The first-order valence-electron chi connectivity index (χ1n) is 31.3. The van der Waals surface area contributed by atoms with Crippen LogP contribution in [0, 0.1) is 47.3 Å².